The van der Waals surface area contributed by atoms with E-state index < -0.39 is 0 Å². The fourth-order valence-corrected chi connectivity index (χ4v) is 7.37. The summed E-state index contributed by atoms with van der Waals surface area (Å²) >= 11 is 0. The lowest BCUT2D eigenvalue weighted by Crippen LogP contribution is -2.53. The number of aryl methyl sites for hydroxylation is 9. The molecule has 0 fully saturated rings. The molecular formula is C36H39BN6. The number of nitrogens with zero attached hydrogens (tertiary/aromatic N) is 3. The van der Waals surface area contributed by atoms with Crippen LogP contribution >= 0.6 is 0 Å². The minimum atomic E-state index is -0.198. The van der Waals surface area contributed by atoms with Crippen LogP contribution in [0.1, 0.15) is 50.1 Å². The van der Waals surface area contributed by atoms with E-state index in [2.05, 4.69) is 129 Å². The first-order valence-electron chi connectivity index (χ1n) is 14.9. The quantitative estimate of drug-likeness (QED) is 0.212. The molecule has 0 aliphatic rings. The van der Waals surface area contributed by atoms with Gasteiger partial charge in [0.15, 0.2) is 0 Å². The number of benzene rings is 3. The number of aromatic nitrogens is 6. The Balaban J connectivity index is 1.66. The van der Waals surface area contributed by atoms with Crippen LogP contribution in [0.25, 0.3) is 33.8 Å². The minimum Gasteiger partial charge on any atom is -0.278 e. The van der Waals surface area contributed by atoms with Gasteiger partial charge >= 0.3 is 0 Å². The summed E-state index contributed by atoms with van der Waals surface area (Å²) in [6.45, 7) is 19.3. The highest BCUT2D eigenvalue weighted by molar-refractivity contribution is 6.97. The van der Waals surface area contributed by atoms with Crippen LogP contribution in [0.3, 0.4) is 0 Å². The molecule has 216 valence electrons. The number of hydrogen-bond donors (Lipinski definition) is 3. The second-order valence-corrected chi connectivity index (χ2v) is 12.4. The molecule has 0 aliphatic heterocycles. The Morgan fingerprint density at radius 1 is 0.395 bits per heavy atom. The van der Waals surface area contributed by atoms with Crippen molar-refractivity contribution in [3.05, 3.63) is 105 Å². The minimum absolute atomic E-state index is 0.198. The third kappa shape index (κ3) is 4.93. The van der Waals surface area contributed by atoms with Crippen LogP contribution in [0.4, 0.5) is 0 Å². The van der Waals surface area contributed by atoms with Crippen LogP contribution in [0, 0.1) is 62.3 Å². The summed E-state index contributed by atoms with van der Waals surface area (Å²) < 4.78 is 0. The van der Waals surface area contributed by atoms with Crippen molar-refractivity contribution in [3.8, 4) is 33.8 Å². The molecule has 6 aromatic rings. The lowest BCUT2D eigenvalue weighted by Gasteiger charge is -2.20. The van der Waals surface area contributed by atoms with Gasteiger partial charge in [-0.1, -0.05) is 53.1 Å². The van der Waals surface area contributed by atoms with Gasteiger partial charge in [0.2, 0.25) is 0 Å². The Morgan fingerprint density at radius 2 is 0.628 bits per heavy atom. The summed E-state index contributed by atoms with van der Waals surface area (Å²) in [6.07, 6.45) is 5.95. The standard InChI is InChI=1S/C36H39BN6/c1-19-10-22(4)31(23(5)11-19)34-28(16-38-41-34)37(29-17-39-42-35(29)32-24(6)12-20(2)13-25(32)7)30-18-40-43-36(30)33-26(8)14-21(3)15-27(33)9/h10-18H,1-9H3,(H,38,41)(H,39,42)(H,40,43). The molecule has 0 spiro atoms. The highest BCUT2D eigenvalue weighted by Crippen LogP contribution is 2.30. The lowest BCUT2D eigenvalue weighted by molar-refractivity contribution is 1.09. The predicted octanol–water partition coefficient (Wildman–Crippen LogP) is 6.15. The molecule has 6 nitrogen and oxygen atoms in total. The fourth-order valence-electron chi connectivity index (χ4n) is 7.37. The monoisotopic (exact) mass is 566 g/mol. The van der Waals surface area contributed by atoms with E-state index in [1.165, 1.54) is 66.8 Å². The van der Waals surface area contributed by atoms with Gasteiger partial charge in [-0.15, -0.1) is 0 Å². The maximum Gasteiger partial charge on any atom is 0.255 e. The molecule has 3 aromatic carbocycles. The summed E-state index contributed by atoms with van der Waals surface area (Å²) in [6, 6.07) is 13.5. The highest BCUT2D eigenvalue weighted by Gasteiger charge is 2.35. The third-order valence-corrected chi connectivity index (χ3v) is 8.72. The largest absolute Gasteiger partial charge is 0.278 e. The highest BCUT2D eigenvalue weighted by atomic mass is 15.1. The molecule has 0 bridgehead atoms. The van der Waals surface area contributed by atoms with E-state index in [4.69, 9.17) is 0 Å². The Labute approximate surface area is 254 Å². The summed E-state index contributed by atoms with van der Waals surface area (Å²) in [5.74, 6) is 0. The van der Waals surface area contributed by atoms with Crippen molar-refractivity contribution in [2.45, 2.75) is 62.3 Å². The van der Waals surface area contributed by atoms with E-state index in [0.717, 1.165) is 33.5 Å². The molecule has 0 saturated carbocycles. The molecule has 0 atom stereocenters. The second-order valence-electron chi connectivity index (χ2n) is 12.4. The van der Waals surface area contributed by atoms with Crippen LogP contribution in [0.15, 0.2) is 55.0 Å². The molecule has 0 saturated heterocycles. The normalized spacial score (nSPS) is 11.4. The number of hydrogen-bond acceptors (Lipinski definition) is 3. The van der Waals surface area contributed by atoms with E-state index in [9.17, 15) is 0 Å². The zero-order valence-corrected chi connectivity index (χ0v) is 26.6. The van der Waals surface area contributed by atoms with Crippen LogP contribution in [-0.2, 0) is 0 Å². The van der Waals surface area contributed by atoms with Crippen LogP contribution < -0.4 is 16.4 Å². The molecule has 0 amide bonds. The van der Waals surface area contributed by atoms with Crippen LogP contribution in [0.5, 0.6) is 0 Å². The molecule has 0 unspecified atom stereocenters. The third-order valence-electron chi connectivity index (χ3n) is 8.72. The fraction of sp³-hybridized carbons (Fsp3) is 0.250. The Bertz CT molecular complexity index is 1690. The molecular weight excluding hydrogens is 527 g/mol. The van der Waals surface area contributed by atoms with Crippen molar-refractivity contribution in [3.63, 3.8) is 0 Å². The Morgan fingerprint density at radius 3 is 0.860 bits per heavy atom. The maximum atomic E-state index is 4.66. The van der Waals surface area contributed by atoms with Crippen molar-refractivity contribution in [1.82, 2.24) is 30.6 Å². The number of aromatic amines is 3. The molecule has 6 rings (SSSR count). The van der Waals surface area contributed by atoms with Crippen molar-refractivity contribution in [1.29, 1.82) is 0 Å². The Kier molecular flexibility index (Phi) is 7.21. The van der Waals surface area contributed by atoms with Gasteiger partial charge < -0.3 is 0 Å². The molecule has 3 N–H and O–H groups in total. The first-order valence-corrected chi connectivity index (χ1v) is 14.9. The van der Waals surface area contributed by atoms with Crippen molar-refractivity contribution in [2.75, 3.05) is 0 Å². The predicted molar refractivity (Wildman–Crippen MR) is 179 cm³/mol. The number of H-pyrrole nitrogens is 3. The zero-order chi connectivity index (χ0) is 30.6. The van der Waals surface area contributed by atoms with Gasteiger partial charge in [-0.3, -0.25) is 15.3 Å². The van der Waals surface area contributed by atoms with E-state index in [1.807, 2.05) is 18.6 Å². The van der Waals surface area contributed by atoms with Gasteiger partial charge in [0.25, 0.3) is 6.71 Å². The van der Waals surface area contributed by atoms with Crippen LogP contribution in [-0.4, -0.2) is 37.3 Å². The maximum absolute atomic E-state index is 4.66. The van der Waals surface area contributed by atoms with Gasteiger partial charge in [-0.2, -0.15) is 15.3 Å². The molecule has 43 heavy (non-hydrogen) atoms. The van der Waals surface area contributed by atoms with E-state index in [1.54, 1.807) is 0 Å². The molecule has 0 radical (unpaired) electrons. The van der Waals surface area contributed by atoms with Crippen molar-refractivity contribution in [2.24, 2.45) is 0 Å². The van der Waals surface area contributed by atoms with Gasteiger partial charge in [0.1, 0.15) is 0 Å². The second kappa shape index (κ2) is 10.9. The average molecular weight is 567 g/mol. The van der Waals surface area contributed by atoms with Crippen LogP contribution in [0.2, 0.25) is 0 Å². The summed E-state index contributed by atoms with van der Waals surface area (Å²) in [4.78, 5) is 0. The number of nitrogens with one attached hydrogen (secondary N) is 3. The SMILES string of the molecule is Cc1cc(C)c(-c2[nH]ncc2B(c2cn[nH]c2-c2c(C)cc(C)cc2C)c2cn[nH]c2-c2c(C)cc(C)cc2C)c(C)c1. The topological polar surface area (TPSA) is 86.0 Å². The summed E-state index contributed by atoms with van der Waals surface area (Å²) in [7, 11) is 0. The van der Waals surface area contributed by atoms with E-state index >= 15 is 0 Å². The van der Waals surface area contributed by atoms with Gasteiger partial charge in [0, 0.05) is 35.3 Å². The smallest absolute Gasteiger partial charge is 0.255 e. The van der Waals surface area contributed by atoms with E-state index in [-0.39, 0.29) is 6.71 Å². The molecule has 0 aliphatic carbocycles. The van der Waals surface area contributed by atoms with Gasteiger partial charge in [-0.25, -0.2) is 0 Å². The summed E-state index contributed by atoms with van der Waals surface area (Å²) in [5.41, 5.74) is 21.0. The van der Waals surface area contributed by atoms with Gasteiger partial charge in [-0.05, 0) is 112 Å². The average Bonchev–Trinajstić information content (AvgIpc) is 3.66. The summed E-state index contributed by atoms with van der Waals surface area (Å²) in [5, 5.41) is 24.2. The first kappa shape index (κ1) is 28.5. The molecule has 3 aromatic heterocycles. The van der Waals surface area contributed by atoms with E-state index in [0.29, 0.717) is 0 Å². The number of rotatable bonds is 6. The lowest BCUT2D eigenvalue weighted by atomic mass is 9.36. The zero-order valence-electron chi connectivity index (χ0n) is 26.6. The first-order chi connectivity index (χ1) is 20.5. The Hall–Kier alpha value is -4.65. The van der Waals surface area contributed by atoms with Crippen molar-refractivity contribution >= 4 is 23.1 Å². The molecule has 7 heteroatoms. The molecule has 3 heterocycles. The van der Waals surface area contributed by atoms with Crippen molar-refractivity contribution < 1.29 is 0 Å². The van der Waals surface area contributed by atoms with Gasteiger partial charge in [0.05, 0.1) is 17.1 Å².